The Morgan fingerprint density at radius 1 is 1.12 bits per heavy atom. The monoisotopic (exact) mass is 722 g/mol. The van der Waals surface area contributed by atoms with Gasteiger partial charge in [0.2, 0.25) is 10.0 Å². The number of benzene rings is 1. The quantitative estimate of drug-likeness (QED) is 0.366. The van der Waals surface area contributed by atoms with Gasteiger partial charge in [0, 0.05) is 56.0 Å². The Bertz CT molecular complexity index is 1650. The molecule has 1 spiro atoms. The van der Waals surface area contributed by atoms with Gasteiger partial charge in [0.15, 0.2) is 11.6 Å². The number of sulfonamides is 1. The number of piperidine rings is 1. The van der Waals surface area contributed by atoms with Crippen molar-refractivity contribution >= 4 is 21.7 Å². The van der Waals surface area contributed by atoms with Gasteiger partial charge in [0.25, 0.3) is 11.8 Å². The molecule has 274 valence electrons. The van der Waals surface area contributed by atoms with Crippen LogP contribution in [0.25, 0.3) is 0 Å². The summed E-state index contributed by atoms with van der Waals surface area (Å²) in [6.07, 6.45) is 5.73. The highest BCUT2D eigenvalue weighted by atomic mass is 32.2. The van der Waals surface area contributed by atoms with Gasteiger partial charge in [-0.3, -0.25) is 4.79 Å². The summed E-state index contributed by atoms with van der Waals surface area (Å²) in [5, 5.41) is -0.463. The summed E-state index contributed by atoms with van der Waals surface area (Å²) in [6.45, 7) is 8.59. The van der Waals surface area contributed by atoms with E-state index >= 15 is 0 Å². The zero-order valence-electron chi connectivity index (χ0n) is 28.4. The number of ether oxygens (including phenoxy) is 3. The topological polar surface area (TPSA) is 126 Å². The largest absolute Gasteiger partial charge is 0.451 e. The molecule has 1 saturated carbocycles. The van der Waals surface area contributed by atoms with Gasteiger partial charge in [-0.05, 0) is 70.8 Å². The third-order valence-electron chi connectivity index (χ3n) is 10.8. The fourth-order valence-electron chi connectivity index (χ4n) is 7.78. The molecule has 0 radical (unpaired) electrons. The predicted octanol–water partition coefficient (Wildman–Crippen LogP) is 3.82. The average Bonchev–Trinajstić information content (AvgIpc) is 3.00. The number of hydrogen-bond acceptors (Lipinski definition) is 10. The number of aromatic nitrogens is 2. The second-order valence-corrected chi connectivity index (χ2v) is 16.9. The number of nitrogens with one attached hydrogen (secondary N) is 1. The van der Waals surface area contributed by atoms with Crippen LogP contribution in [0.1, 0.15) is 62.7 Å². The molecule has 1 amide bonds. The molecule has 50 heavy (non-hydrogen) atoms. The molecule has 1 N–H and O–H groups in total. The lowest BCUT2D eigenvalue weighted by atomic mass is 9.72. The maximum Gasteiger partial charge on any atom is 0.258 e. The summed E-state index contributed by atoms with van der Waals surface area (Å²) in [5.41, 5.74) is 0.0825. The Balaban J connectivity index is 0.929. The minimum Gasteiger partial charge on any atom is -0.451 e. The zero-order valence-corrected chi connectivity index (χ0v) is 29.2. The van der Waals surface area contributed by atoms with Crippen molar-refractivity contribution in [3.63, 3.8) is 0 Å². The Morgan fingerprint density at radius 2 is 1.86 bits per heavy atom. The van der Waals surface area contributed by atoms with E-state index in [9.17, 15) is 26.4 Å². The lowest BCUT2D eigenvalue weighted by Gasteiger charge is -2.54. The Labute approximate surface area is 290 Å². The molecular weight excluding hydrogens is 677 g/mol. The lowest BCUT2D eigenvalue weighted by Crippen LogP contribution is -2.61. The molecule has 2 aromatic rings. The molecule has 4 aliphatic heterocycles. The number of alkyl halides is 2. The van der Waals surface area contributed by atoms with Crippen LogP contribution < -0.4 is 14.4 Å². The molecular formula is C34H45F3N6O6S. The Morgan fingerprint density at radius 3 is 2.48 bits per heavy atom. The van der Waals surface area contributed by atoms with E-state index in [1.54, 1.807) is 13.8 Å². The van der Waals surface area contributed by atoms with E-state index in [1.807, 2.05) is 0 Å². The molecule has 1 aromatic heterocycles. The Kier molecular flexibility index (Phi) is 9.78. The number of halogens is 3. The van der Waals surface area contributed by atoms with E-state index in [2.05, 4.69) is 24.5 Å². The smallest absolute Gasteiger partial charge is 0.258 e. The van der Waals surface area contributed by atoms with Crippen molar-refractivity contribution in [2.75, 3.05) is 57.4 Å². The van der Waals surface area contributed by atoms with Crippen molar-refractivity contribution in [1.29, 1.82) is 0 Å². The molecule has 12 nitrogen and oxygen atoms in total. The van der Waals surface area contributed by atoms with Crippen LogP contribution in [0, 0.1) is 11.2 Å². The molecule has 4 saturated heterocycles. The first-order chi connectivity index (χ1) is 23.8. The standard InChI is InChI=1S/C34H45F3N6O6S/c1-22(2)43(25-12-34(36,37)13-25)32(44)28-11-23(35)3-6-29(28)49-30-14-38-21-39-31(30)42-19-33(20-42)7-9-41(10-8-33)15-26-5-4-24(16-48-26)40-50(45,46)27-17-47-18-27/h3,6,11,14,21-22,24-27,40H,4-5,7-10,12-13,15-20H2,1-2H3/t24-,26+/m1/s1. The molecule has 5 heterocycles. The second-order valence-electron chi connectivity index (χ2n) is 14.9. The van der Waals surface area contributed by atoms with Crippen LogP contribution in [0.2, 0.25) is 0 Å². The van der Waals surface area contributed by atoms with Crippen LogP contribution in [-0.4, -0.2) is 122 Å². The predicted molar refractivity (Wildman–Crippen MR) is 178 cm³/mol. The Hall–Kier alpha value is -3.05. The van der Waals surface area contributed by atoms with Gasteiger partial charge >= 0.3 is 0 Å². The third-order valence-corrected chi connectivity index (χ3v) is 12.6. The van der Waals surface area contributed by atoms with Crippen LogP contribution in [-0.2, 0) is 19.5 Å². The maximum absolute atomic E-state index is 14.5. The fraction of sp³-hybridized carbons (Fsp3) is 0.676. The van der Waals surface area contributed by atoms with Gasteiger partial charge in [-0.2, -0.15) is 0 Å². The van der Waals surface area contributed by atoms with Crippen LogP contribution in [0.5, 0.6) is 11.5 Å². The normalized spacial score (nSPS) is 25.5. The van der Waals surface area contributed by atoms with Crippen molar-refractivity contribution in [1.82, 2.24) is 24.5 Å². The summed E-state index contributed by atoms with van der Waals surface area (Å²) in [5.74, 6) is -3.01. The highest BCUT2D eigenvalue weighted by Gasteiger charge is 2.50. The second kappa shape index (κ2) is 13.8. The first-order valence-corrected chi connectivity index (χ1v) is 19.0. The summed E-state index contributed by atoms with van der Waals surface area (Å²) in [7, 11) is -3.37. The SMILES string of the molecule is CC(C)N(C(=O)c1cc(F)ccc1Oc1cncnc1N1CC2(CCN(C[C@@H]3CC[C@@H](NS(=O)(=O)C4COC4)CO3)CC2)C1)C1CC(F)(F)C1. The number of anilines is 1. The van der Waals surface area contributed by atoms with E-state index < -0.39 is 51.8 Å². The van der Waals surface area contributed by atoms with Crippen molar-refractivity contribution in [2.45, 2.75) is 87.8 Å². The van der Waals surface area contributed by atoms with Crippen molar-refractivity contribution in [3.8, 4) is 11.5 Å². The van der Waals surface area contributed by atoms with Crippen molar-refractivity contribution in [3.05, 3.63) is 42.1 Å². The maximum atomic E-state index is 14.5. The summed E-state index contributed by atoms with van der Waals surface area (Å²) in [6, 6.07) is 2.44. The average molecular weight is 723 g/mol. The third kappa shape index (κ3) is 7.45. The molecule has 0 bridgehead atoms. The highest BCUT2D eigenvalue weighted by molar-refractivity contribution is 7.90. The minimum absolute atomic E-state index is 0.0429. The lowest BCUT2D eigenvalue weighted by molar-refractivity contribution is -0.120. The van der Waals surface area contributed by atoms with Gasteiger partial charge in [0.1, 0.15) is 23.1 Å². The van der Waals surface area contributed by atoms with Crippen LogP contribution in [0.15, 0.2) is 30.7 Å². The van der Waals surface area contributed by atoms with Crippen LogP contribution in [0.4, 0.5) is 19.0 Å². The zero-order chi connectivity index (χ0) is 35.3. The van der Waals surface area contributed by atoms with Gasteiger partial charge < -0.3 is 28.9 Å². The van der Waals surface area contributed by atoms with Crippen molar-refractivity contribution in [2.24, 2.45) is 5.41 Å². The number of carbonyl (C=O) groups is 1. The molecule has 1 aromatic carbocycles. The first-order valence-electron chi connectivity index (χ1n) is 17.5. The van der Waals surface area contributed by atoms with E-state index in [-0.39, 0.29) is 48.1 Å². The number of hydrogen-bond donors (Lipinski definition) is 1. The molecule has 0 unspecified atom stereocenters. The van der Waals surface area contributed by atoms with Gasteiger partial charge in [-0.25, -0.2) is 36.3 Å². The number of carbonyl (C=O) groups excluding carboxylic acids is 1. The molecule has 1 aliphatic carbocycles. The fourth-order valence-corrected chi connectivity index (χ4v) is 9.17. The number of nitrogens with zero attached hydrogens (tertiary/aromatic N) is 5. The molecule has 5 fully saturated rings. The van der Waals surface area contributed by atoms with E-state index in [1.165, 1.54) is 29.6 Å². The van der Waals surface area contributed by atoms with Crippen LogP contribution in [0.3, 0.4) is 0 Å². The van der Waals surface area contributed by atoms with Crippen LogP contribution >= 0.6 is 0 Å². The minimum atomic E-state index is -3.37. The van der Waals surface area contributed by atoms with Gasteiger partial charge in [-0.1, -0.05) is 0 Å². The summed E-state index contributed by atoms with van der Waals surface area (Å²) in [4.78, 5) is 28.3. The molecule has 16 heteroatoms. The molecule has 5 aliphatic rings. The number of amides is 1. The van der Waals surface area contributed by atoms with Gasteiger partial charge in [-0.15, -0.1) is 0 Å². The summed E-state index contributed by atoms with van der Waals surface area (Å²) < 4.78 is 86.8. The molecule has 2 atom stereocenters. The molecule has 7 rings (SSSR count). The first kappa shape index (κ1) is 35.4. The van der Waals surface area contributed by atoms with E-state index in [0.29, 0.717) is 18.2 Å². The summed E-state index contributed by atoms with van der Waals surface area (Å²) >= 11 is 0. The van der Waals surface area contributed by atoms with Crippen molar-refractivity contribution < 1.29 is 40.6 Å². The van der Waals surface area contributed by atoms with E-state index in [0.717, 1.165) is 64.5 Å². The van der Waals surface area contributed by atoms with E-state index in [4.69, 9.17) is 14.2 Å². The number of rotatable bonds is 11. The highest BCUT2D eigenvalue weighted by Crippen LogP contribution is 2.46. The number of likely N-dealkylation sites (tertiary alicyclic amines) is 1. The van der Waals surface area contributed by atoms with Gasteiger partial charge in [0.05, 0.1) is 37.7 Å².